The van der Waals surface area contributed by atoms with Crippen LogP contribution in [0.1, 0.15) is 10.4 Å². The van der Waals surface area contributed by atoms with Gasteiger partial charge in [0.25, 0.3) is 5.91 Å². The zero-order valence-electron chi connectivity index (χ0n) is 13.2. The van der Waals surface area contributed by atoms with Crippen LogP contribution in [0.4, 0.5) is 4.39 Å². The standard InChI is InChI=1S/C16H15FN2O4S2/c1-25(22,23)12-8-6-11(7-9-12)16(21)19-18-15(20)10-24-14-5-3-2-4-13(14)17/h2-9H,10H2,1H3,(H,18,20)(H,19,21). The number of carbonyl (C=O) groups is 2. The Morgan fingerprint density at radius 1 is 1.04 bits per heavy atom. The molecule has 0 aliphatic rings. The van der Waals surface area contributed by atoms with Crippen molar-refractivity contribution in [3.8, 4) is 0 Å². The molecule has 0 spiro atoms. The highest BCUT2D eigenvalue weighted by atomic mass is 32.2. The molecule has 0 aliphatic carbocycles. The lowest BCUT2D eigenvalue weighted by Gasteiger charge is -2.08. The number of hydrazine groups is 1. The summed E-state index contributed by atoms with van der Waals surface area (Å²) in [4.78, 5) is 24.0. The summed E-state index contributed by atoms with van der Waals surface area (Å²) in [7, 11) is -3.34. The van der Waals surface area contributed by atoms with Gasteiger partial charge in [0, 0.05) is 16.7 Å². The van der Waals surface area contributed by atoms with Gasteiger partial charge < -0.3 is 0 Å². The number of hydrogen-bond acceptors (Lipinski definition) is 5. The Morgan fingerprint density at radius 2 is 1.68 bits per heavy atom. The molecule has 0 bridgehead atoms. The van der Waals surface area contributed by atoms with Gasteiger partial charge in [-0.05, 0) is 36.4 Å². The minimum atomic E-state index is -3.34. The lowest BCUT2D eigenvalue weighted by atomic mass is 10.2. The van der Waals surface area contributed by atoms with Crippen molar-refractivity contribution in [3.05, 3.63) is 59.9 Å². The van der Waals surface area contributed by atoms with Crippen molar-refractivity contribution < 1.29 is 22.4 Å². The summed E-state index contributed by atoms with van der Waals surface area (Å²) in [5, 5.41) is 0. The third-order valence-corrected chi connectivity index (χ3v) is 5.23. The van der Waals surface area contributed by atoms with E-state index in [1.165, 1.54) is 30.3 Å². The minimum Gasteiger partial charge on any atom is -0.272 e. The second kappa shape index (κ2) is 8.13. The highest BCUT2D eigenvalue weighted by molar-refractivity contribution is 8.00. The van der Waals surface area contributed by atoms with Gasteiger partial charge in [-0.15, -0.1) is 11.8 Å². The highest BCUT2D eigenvalue weighted by Crippen LogP contribution is 2.20. The molecular weight excluding hydrogens is 367 g/mol. The molecule has 132 valence electrons. The van der Waals surface area contributed by atoms with Crippen LogP contribution < -0.4 is 10.9 Å². The third-order valence-electron chi connectivity index (χ3n) is 3.06. The van der Waals surface area contributed by atoms with Gasteiger partial charge in [-0.1, -0.05) is 12.1 Å². The van der Waals surface area contributed by atoms with Gasteiger partial charge in [0.05, 0.1) is 10.6 Å². The Kier molecular flexibility index (Phi) is 6.16. The number of thioether (sulfide) groups is 1. The number of sulfone groups is 1. The molecule has 0 saturated heterocycles. The molecule has 0 unspecified atom stereocenters. The molecule has 25 heavy (non-hydrogen) atoms. The second-order valence-corrected chi connectivity index (χ2v) is 8.05. The van der Waals surface area contributed by atoms with E-state index < -0.39 is 27.5 Å². The molecule has 2 aromatic rings. The number of hydrogen-bond donors (Lipinski definition) is 2. The topological polar surface area (TPSA) is 92.3 Å². The highest BCUT2D eigenvalue weighted by Gasteiger charge is 2.11. The van der Waals surface area contributed by atoms with Crippen LogP contribution in [0.3, 0.4) is 0 Å². The summed E-state index contributed by atoms with van der Waals surface area (Å²) in [6, 6.07) is 11.3. The van der Waals surface area contributed by atoms with Crippen LogP contribution >= 0.6 is 11.8 Å². The third kappa shape index (κ3) is 5.57. The second-order valence-electron chi connectivity index (χ2n) is 5.02. The smallest absolute Gasteiger partial charge is 0.269 e. The van der Waals surface area contributed by atoms with Gasteiger partial charge in [-0.3, -0.25) is 20.4 Å². The van der Waals surface area contributed by atoms with Gasteiger partial charge >= 0.3 is 0 Å². The number of amides is 2. The Balaban J connectivity index is 1.85. The van der Waals surface area contributed by atoms with E-state index in [9.17, 15) is 22.4 Å². The average molecular weight is 382 g/mol. The van der Waals surface area contributed by atoms with E-state index in [0.29, 0.717) is 4.90 Å². The maximum absolute atomic E-state index is 13.4. The molecule has 2 N–H and O–H groups in total. The average Bonchev–Trinajstić information content (AvgIpc) is 2.58. The molecule has 9 heteroatoms. The lowest BCUT2D eigenvalue weighted by molar-refractivity contribution is -0.119. The predicted molar refractivity (Wildman–Crippen MR) is 92.3 cm³/mol. The molecule has 0 radical (unpaired) electrons. The van der Waals surface area contributed by atoms with Crippen LogP contribution in [0.2, 0.25) is 0 Å². The maximum atomic E-state index is 13.4. The summed E-state index contributed by atoms with van der Waals surface area (Å²) in [5.74, 6) is -1.59. The predicted octanol–water partition coefficient (Wildman–Crippen LogP) is 1.78. The molecule has 0 fully saturated rings. The molecular formula is C16H15FN2O4S2. The van der Waals surface area contributed by atoms with Crippen LogP contribution in [0, 0.1) is 5.82 Å². The van der Waals surface area contributed by atoms with Gasteiger partial charge in [0.2, 0.25) is 5.91 Å². The SMILES string of the molecule is CS(=O)(=O)c1ccc(C(=O)NNC(=O)CSc2ccccc2F)cc1. The van der Waals surface area contributed by atoms with Crippen molar-refractivity contribution in [1.82, 2.24) is 10.9 Å². The molecule has 6 nitrogen and oxygen atoms in total. The molecule has 0 aromatic heterocycles. The maximum Gasteiger partial charge on any atom is 0.269 e. The molecule has 0 heterocycles. The number of halogens is 1. The first-order chi connectivity index (χ1) is 11.8. The largest absolute Gasteiger partial charge is 0.272 e. The quantitative estimate of drug-likeness (QED) is 0.608. The molecule has 2 aromatic carbocycles. The van der Waals surface area contributed by atoms with E-state index in [1.807, 2.05) is 0 Å². The summed E-state index contributed by atoms with van der Waals surface area (Å²) in [6.45, 7) is 0. The molecule has 2 amide bonds. The van der Waals surface area contributed by atoms with Crippen molar-refractivity contribution >= 4 is 33.4 Å². The summed E-state index contributed by atoms with van der Waals surface area (Å²) >= 11 is 1.00. The summed E-state index contributed by atoms with van der Waals surface area (Å²) in [5.41, 5.74) is 4.62. The van der Waals surface area contributed by atoms with Crippen molar-refractivity contribution in [2.24, 2.45) is 0 Å². The molecule has 0 aliphatic heterocycles. The van der Waals surface area contributed by atoms with Gasteiger partial charge in [-0.2, -0.15) is 0 Å². The zero-order valence-corrected chi connectivity index (χ0v) is 14.8. The van der Waals surface area contributed by atoms with E-state index in [4.69, 9.17) is 0 Å². The molecule has 0 saturated carbocycles. The zero-order chi connectivity index (χ0) is 18.4. The first-order valence-corrected chi connectivity index (χ1v) is 9.92. The van der Waals surface area contributed by atoms with Crippen molar-refractivity contribution in [2.75, 3.05) is 12.0 Å². The van der Waals surface area contributed by atoms with Crippen LogP contribution in [0.25, 0.3) is 0 Å². The van der Waals surface area contributed by atoms with E-state index >= 15 is 0 Å². The number of carbonyl (C=O) groups excluding carboxylic acids is 2. The Morgan fingerprint density at radius 3 is 2.28 bits per heavy atom. The Hall–Kier alpha value is -2.39. The van der Waals surface area contributed by atoms with Gasteiger partial charge in [-0.25, -0.2) is 12.8 Å². The van der Waals surface area contributed by atoms with E-state index in [0.717, 1.165) is 18.0 Å². The number of benzene rings is 2. The van der Waals surface area contributed by atoms with Gasteiger partial charge in [0.1, 0.15) is 5.82 Å². The van der Waals surface area contributed by atoms with E-state index in [1.54, 1.807) is 18.2 Å². The van der Waals surface area contributed by atoms with Crippen molar-refractivity contribution in [1.29, 1.82) is 0 Å². The minimum absolute atomic E-state index is 0.0752. The fraction of sp³-hybridized carbons (Fsp3) is 0.125. The fourth-order valence-electron chi connectivity index (χ4n) is 1.79. The van der Waals surface area contributed by atoms with E-state index in [2.05, 4.69) is 10.9 Å². The van der Waals surface area contributed by atoms with Gasteiger partial charge in [0.15, 0.2) is 9.84 Å². The molecule has 2 rings (SSSR count). The first-order valence-electron chi connectivity index (χ1n) is 7.04. The van der Waals surface area contributed by atoms with Crippen LogP contribution in [-0.2, 0) is 14.6 Å². The first kappa shape index (κ1) is 18.9. The number of nitrogens with one attached hydrogen (secondary N) is 2. The Bertz CT molecular complexity index is 883. The van der Waals surface area contributed by atoms with Crippen LogP contribution in [-0.4, -0.2) is 32.2 Å². The van der Waals surface area contributed by atoms with Crippen LogP contribution in [0.5, 0.6) is 0 Å². The Labute approximate surface area is 148 Å². The lowest BCUT2D eigenvalue weighted by Crippen LogP contribution is -2.42. The normalized spacial score (nSPS) is 11.0. The fourth-order valence-corrected chi connectivity index (χ4v) is 3.16. The monoisotopic (exact) mass is 382 g/mol. The number of rotatable bonds is 5. The van der Waals surface area contributed by atoms with Crippen LogP contribution in [0.15, 0.2) is 58.3 Å². The van der Waals surface area contributed by atoms with Crippen molar-refractivity contribution in [3.63, 3.8) is 0 Å². The van der Waals surface area contributed by atoms with Crippen molar-refractivity contribution in [2.45, 2.75) is 9.79 Å². The summed E-state index contributed by atoms with van der Waals surface area (Å²) in [6.07, 6.45) is 1.07. The summed E-state index contributed by atoms with van der Waals surface area (Å²) < 4.78 is 36.1. The van der Waals surface area contributed by atoms with E-state index in [-0.39, 0.29) is 16.2 Å². The molecule has 0 atom stereocenters.